The number of anilines is 1. The number of carbonyl (C=O) groups excluding carboxylic acids is 1. The van der Waals surface area contributed by atoms with Crippen molar-refractivity contribution in [1.29, 1.82) is 0 Å². The molecule has 0 radical (unpaired) electrons. The van der Waals surface area contributed by atoms with Crippen molar-refractivity contribution in [3.8, 4) is 11.6 Å². The van der Waals surface area contributed by atoms with Crippen molar-refractivity contribution in [3.63, 3.8) is 0 Å². The second-order valence-corrected chi connectivity index (χ2v) is 9.06. The number of ether oxygens (including phenoxy) is 1. The molecule has 4 aromatic rings. The number of H-pyrrole nitrogens is 1. The third-order valence-corrected chi connectivity index (χ3v) is 6.76. The highest BCUT2D eigenvalue weighted by Crippen LogP contribution is 2.25. The predicted octanol–water partition coefficient (Wildman–Crippen LogP) is 4.08. The Morgan fingerprint density at radius 1 is 1.14 bits per heavy atom. The number of fused-ring (bicyclic) bond motifs is 1. The normalized spacial score (nSPS) is 12.8. The first kappa shape index (κ1) is 23.9. The molecule has 11 heteroatoms. The summed E-state index contributed by atoms with van der Waals surface area (Å²) in [4.78, 5) is 33.1. The molecular weight excluding hydrogens is 503 g/mol. The highest BCUT2D eigenvalue weighted by molar-refractivity contribution is 6.42. The number of hydrogen-bond acceptors (Lipinski definition) is 6. The molecule has 2 aromatic carbocycles. The molecule has 184 valence electrons. The molecule has 0 fully saturated rings. The largest absolute Gasteiger partial charge is 0.497 e. The zero-order chi connectivity index (χ0) is 25.2. The highest BCUT2D eigenvalue weighted by Gasteiger charge is 2.27. The number of halogens is 2. The first-order valence-corrected chi connectivity index (χ1v) is 12.0. The van der Waals surface area contributed by atoms with Crippen molar-refractivity contribution >= 4 is 35.1 Å². The lowest BCUT2D eigenvalue weighted by molar-refractivity contribution is 0.0731. The minimum absolute atomic E-state index is 0.199. The summed E-state index contributed by atoms with van der Waals surface area (Å²) in [6.45, 7) is 1.00. The zero-order valence-electron chi connectivity index (χ0n) is 19.3. The number of benzene rings is 2. The van der Waals surface area contributed by atoms with E-state index in [0.717, 1.165) is 11.3 Å². The molecule has 0 atom stereocenters. The summed E-state index contributed by atoms with van der Waals surface area (Å²) in [5.74, 6) is 1.41. The van der Waals surface area contributed by atoms with Gasteiger partial charge in [-0.25, -0.2) is 9.55 Å². The lowest BCUT2D eigenvalue weighted by atomic mass is 10.0. The number of carbonyl (C=O) groups is 1. The lowest BCUT2D eigenvalue weighted by Crippen LogP contribution is -2.41. The third-order valence-electron chi connectivity index (χ3n) is 6.02. The fourth-order valence-corrected chi connectivity index (χ4v) is 4.41. The molecule has 3 heterocycles. The van der Waals surface area contributed by atoms with Gasteiger partial charge in [-0.1, -0.05) is 35.3 Å². The Balaban J connectivity index is 1.46. The second-order valence-electron chi connectivity index (χ2n) is 8.25. The van der Waals surface area contributed by atoms with E-state index in [1.54, 1.807) is 42.5 Å². The molecule has 1 aliphatic heterocycles. The molecule has 0 aliphatic carbocycles. The van der Waals surface area contributed by atoms with Crippen LogP contribution in [0.5, 0.6) is 5.75 Å². The van der Waals surface area contributed by atoms with Crippen LogP contribution in [0.4, 0.5) is 5.95 Å². The molecule has 2 aromatic heterocycles. The van der Waals surface area contributed by atoms with Gasteiger partial charge in [0.1, 0.15) is 11.6 Å². The van der Waals surface area contributed by atoms with Crippen LogP contribution in [0, 0.1) is 0 Å². The predicted molar refractivity (Wildman–Crippen MR) is 137 cm³/mol. The summed E-state index contributed by atoms with van der Waals surface area (Å²) in [6, 6.07) is 14.1. The van der Waals surface area contributed by atoms with E-state index in [1.165, 1.54) is 4.57 Å². The maximum absolute atomic E-state index is 13.5. The topological polar surface area (TPSA) is 105 Å². The molecule has 1 aliphatic rings. The van der Waals surface area contributed by atoms with Gasteiger partial charge in [0.25, 0.3) is 11.5 Å². The fraction of sp³-hybridized carbons (Fsp3) is 0.200. The van der Waals surface area contributed by atoms with E-state index >= 15 is 0 Å². The SMILES string of the molecule is COc1ccc(CNc2nc3c(c(=O)n2-c2ccn[nH]2)CCN(C(=O)c2ccc(Cl)c(Cl)c2)C3)cc1. The molecule has 0 unspecified atom stereocenters. The van der Waals surface area contributed by atoms with E-state index in [-0.39, 0.29) is 18.0 Å². The Bertz CT molecular complexity index is 1470. The van der Waals surface area contributed by atoms with Crippen LogP contribution in [0.15, 0.2) is 59.5 Å². The number of nitrogens with one attached hydrogen (secondary N) is 2. The summed E-state index contributed by atoms with van der Waals surface area (Å²) < 4.78 is 6.69. The van der Waals surface area contributed by atoms with Crippen LogP contribution in [0.3, 0.4) is 0 Å². The van der Waals surface area contributed by atoms with Crippen molar-refractivity contribution in [2.45, 2.75) is 19.5 Å². The van der Waals surface area contributed by atoms with Gasteiger partial charge in [0.2, 0.25) is 5.95 Å². The van der Waals surface area contributed by atoms with Crippen LogP contribution in [0.2, 0.25) is 10.0 Å². The quantitative estimate of drug-likeness (QED) is 0.393. The van der Waals surface area contributed by atoms with Crippen molar-refractivity contribution in [1.82, 2.24) is 24.6 Å². The first-order valence-electron chi connectivity index (χ1n) is 11.2. The number of aromatic nitrogens is 4. The molecule has 0 saturated carbocycles. The van der Waals surface area contributed by atoms with E-state index in [4.69, 9.17) is 32.9 Å². The van der Waals surface area contributed by atoms with Crippen LogP contribution in [0.25, 0.3) is 5.82 Å². The Kier molecular flexibility index (Phi) is 6.67. The number of methoxy groups -OCH3 is 1. The third kappa shape index (κ3) is 4.67. The van der Waals surface area contributed by atoms with Crippen LogP contribution in [-0.4, -0.2) is 44.2 Å². The molecule has 0 bridgehead atoms. The number of nitrogens with zero attached hydrogens (tertiary/aromatic N) is 4. The lowest BCUT2D eigenvalue weighted by Gasteiger charge is -2.29. The second kappa shape index (κ2) is 10.0. The molecule has 5 rings (SSSR count). The summed E-state index contributed by atoms with van der Waals surface area (Å²) in [5.41, 5.74) is 2.32. The fourth-order valence-electron chi connectivity index (χ4n) is 4.11. The van der Waals surface area contributed by atoms with E-state index < -0.39 is 0 Å². The Morgan fingerprint density at radius 2 is 1.94 bits per heavy atom. The average molecular weight is 525 g/mol. The van der Waals surface area contributed by atoms with Gasteiger partial charge in [0.15, 0.2) is 0 Å². The zero-order valence-corrected chi connectivity index (χ0v) is 20.8. The van der Waals surface area contributed by atoms with Gasteiger partial charge in [-0.05, 0) is 42.3 Å². The standard InChI is InChI=1S/C25H22Cl2N6O3/c1-36-17-5-2-15(3-6-17)13-28-25-30-21-14-32(23(34)16-4-7-19(26)20(27)12-16)11-9-18(21)24(35)33(25)22-8-10-29-31-22/h2-8,10,12H,9,11,13-14H2,1H3,(H,28,30)(H,29,31). The Morgan fingerprint density at radius 3 is 2.64 bits per heavy atom. The molecule has 9 nitrogen and oxygen atoms in total. The average Bonchev–Trinajstić information content (AvgIpc) is 3.43. The number of rotatable bonds is 6. The van der Waals surface area contributed by atoms with Crippen molar-refractivity contribution < 1.29 is 9.53 Å². The minimum atomic E-state index is -0.205. The summed E-state index contributed by atoms with van der Waals surface area (Å²) in [7, 11) is 1.61. The van der Waals surface area contributed by atoms with E-state index in [1.807, 2.05) is 24.3 Å². The van der Waals surface area contributed by atoms with Gasteiger partial charge in [0, 0.05) is 30.3 Å². The highest BCUT2D eigenvalue weighted by atomic mass is 35.5. The first-order chi connectivity index (χ1) is 17.4. The Labute approximate surface area is 216 Å². The summed E-state index contributed by atoms with van der Waals surface area (Å²) in [5, 5.41) is 10.8. The van der Waals surface area contributed by atoms with E-state index in [9.17, 15) is 9.59 Å². The van der Waals surface area contributed by atoms with Crippen molar-refractivity contribution in [2.24, 2.45) is 0 Å². The smallest absolute Gasteiger partial charge is 0.264 e. The Hall–Kier alpha value is -3.82. The van der Waals surface area contributed by atoms with Gasteiger partial charge in [0.05, 0.1) is 35.6 Å². The maximum Gasteiger partial charge on any atom is 0.264 e. The molecule has 0 saturated heterocycles. The van der Waals surface area contributed by atoms with Crippen molar-refractivity contribution in [3.05, 3.63) is 97.5 Å². The van der Waals surface area contributed by atoms with Crippen LogP contribution in [0.1, 0.15) is 27.2 Å². The summed E-state index contributed by atoms with van der Waals surface area (Å²) in [6.07, 6.45) is 1.95. The van der Waals surface area contributed by atoms with E-state index in [2.05, 4.69) is 15.5 Å². The van der Waals surface area contributed by atoms with Gasteiger partial charge < -0.3 is 15.0 Å². The molecule has 2 N–H and O–H groups in total. The molecule has 1 amide bonds. The van der Waals surface area contributed by atoms with E-state index in [0.29, 0.717) is 58.1 Å². The van der Waals surface area contributed by atoms with Gasteiger partial charge >= 0.3 is 0 Å². The maximum atomic E-state index is 13.5. The monoisotopic (exact) mass is 524 g/mol. The van der Waals surface area contributed by atoms with Gasteiger partial charge in [-0.2, -0.15) is 5.10 Å². The van der Waals surface area contributed by atoms with Crippen molar-refractivity contribution in [2.75, 3.05) is 19.0 Å². The van der Waals surface area contributed by atoms with Crippen LogP contribution < -0.4 is 15.6 Å². The molecular formula is C25H22Cl2N6O3. The molecule has 0 spiro atoms. The molecule has 36 heavy (non-hydrogen) atoms. The van der Waals surface area contributed by atoms with Crippen LogP contribution in [-0.2, 0) is 19.5 Å². The van der Waals surface area contributed by atoms with Crippen LogP contribution >= 0.6 is 23.2 Å². The summed E-state index contributed by atoms with van der Waals surface area (Å²) >= 11 is 12.1. The number of aromatic amines is 1. The minimum Gasteiger partial charge on any atom is -0.497 e. The number of amides is 1. The number of hydrogen-bond donors (Lipinski definition) is 2. The van der Waals surface area contributed by atoms with Gasteiger partial charge in [-0.15, -0.1) is 0 Å². The van der Waals surface area contributed by atoms with Gasteiger partial charge in [-0.3, -0.25) is 14.7 Å².